The molecule has 5 N–H and O–H groups in total. The second kappa shape index (κ2) is 6.55. The smallest absolute Gasteiger partial charge is 0.326 e. The number of carbonyl (C=O) groups excluding carboxylic acids is 1. The van der Waals surface area contributed by atoms with E-state index in [4.69, 9.17) is 15.9 Å². The van der Waals surface area contributed by atoms with Gasteiger partial charge in [-0.2, -0.15) is 0 Å². The molecule has 0 aliphatic carbocycles. The minimum absolute atomic E-state index is 0.0412. The summed E-state index contributed by atoms with van der Waals surface area (Å²) in [6, 6.07) is 3.65. The fraction of sp³-hybridized carbons (Fsp3) is 0.273. The maximum Gasteiger partial charge on any atom is 0.326 e. The number of aliphatic hydroxyl groups is 1. The summed E-state index contributed by atoms with van der Waals surface area (Å²) in [5, 5.41) is 19.9. The molecule has 0 bridgehead atoms. The van der Waals surface area contributed by atoms with Crippen LogP contribution >= 0.6 is 22.6 Å². The summed E-state index contributed by atoms with van der Waals surface area (Å²) < 4.78 is 0.784. The molecule has 0 heterocycles. The fourth-order valence-electron chi connectivity index (χ4n) is 1.37. The lowest BCUT2D eigenvalue weighted by Gasteiger charge is -2.13. The molecule has 1 atom stereocenters. The highest BCUT2D eigenvalue weighted by atomic mass is 127. The zero-order valence-electron chi connectivity index (χ0n) is 9.39. The Balaban J connectivity index is 2.83. The van der Waals surface area contributed by atoms with Crippen LogP contribution in [-0.2, 0) is 4.79 Å². The van der Waals surface area contributed by atoms with Crippen LogP contribution in [-0.4, -0.2) is 34.7 Å². The predicted octanol–water partition coefficient (Wildman–Crippen LogP) is 0.439. The van der Waals surface area contributed by atoms with Crippen molar-refractivity contribution in [2.24, 2.45) is 0 Å². The van der Waals surface area contributed by atoms with E-state index in [-0.39, 0.29) is 13.0 Å². The van der Waals surface area contributed by atoms with E-state index in [0.717, 1.165) is 3.57 Å². The third-order valence-corrected chi connectivity index (χ3v) is 2.83. The van der Waals surface area contributed by atoms with Crippen LogP contribution in [0.1, 0.15) is 16.8 Å². The summed E-state index contributed by atoms with van der Waals surface area (Å²) >= 11 is 2.01. The molecule has 7 heteroatoms. The third kappa shape index (κ3) is 4.15. The van der Waals surface area contributed by atoms with Crippen molar-refractivity contribution in [2.75, 3.05) is 12.3 Å². The first-order valence-corrected chi connectivity index (χ1v) is 6.22. The molecule has 0 saturated heterocycles. The van der Waals surface area contributed by atoms with E-state index >= 15 is 0 Å². The molecular formula is C11H13IN2O4. The minimum Gasteiger partial charge on any atom is -0.480 e. The van der Waals surface area contributed by atoms with E-state index < -0.39 is 17.9 Å². The molecule has 0 saturated carbocycles. The summed E-state index contributed by atoms with van der Waals surface area (Å²) in [7, 11) is 0. The van der Waals surface area contributed by atoms with Crippen molar-refractivity contribution in [3.8, 4) is 0 Å². The highest BCUT2D eigenvalue weighted by molar-refractivity contribution is 14.1. The minimum atomic E-state index is -1.18. The Labute approximate surface area is 117 Å². The first-order valence-electron chi connectivity index (χ1n) is 5.14. The van der Waals surface area contributed by atoms with E-state index in [1.807, 2.05) is 22.6 Å². The van der Waals surface area contributed by atoms with Crippen LogP contribution in [0, 0.1) is 3.57 Å². The molecule has 0 aromatic heterocycles. The highest BCUT2D eigenvalue weighted by Gasteiger charge is 2.20. The first-order chi connectivity index (χ1) is 8.43. The monoisotopic (exact) mass is 364 g/mol. The van der Waals surface area contributed by atoms with Gasteiger partial charge < -0.3 is 21.3 Å². The molecular weight excluding hydrogens is 351 g/mol. The fourth-order valence-corrected chi connectivity index (χ4v) is 2.07. The first kappa shape index (κ1) is 14.7. The third-order valence-electron chi connectivity index (χ3n) is 2.20. The molecule has 0 unspecified atom stereocenters. The van der Waals surface area contributed by atoms with Crippen LogP contribution in [0.3, 0.4) is 0 Å². The molecule has 0 aliphatic heterocycles. The Morgan fingerprint density at radius 2 is 2.06 bits per heavy atom. The molecule has 0 radical (unpaired) electrons. The molecule has 1 amide bonds. The Hall–Kier alpha value is -1.35. The number of aliphatic hydroxyl groups excluding tert-OH is 1. The van der Waals surface area contributed by atoms with Gasteiger partial charge in [-0.1, -0.05) is 0 Å². The van der Waals surface area contributed by atoms with Gasteiger partial charge in [0.25, 0.3) is 5.91 Å². The Morgan fingerprint density at radius 3 is 2.56 bits per heavy atom. The van der Waals surface area contributed by atoms with Crippen molar-refractivity contribution in [3.63, 3.8) is 0 Å². The number of carbonyl (C=O) groups is 2. The van der Waals surface area contributed by atoms with Crippen molar-refractivity contribution >= 4 is 40.2 Å². The van der Waals surface area contributed by atoms with Gasteiger partial charge in [-0.25, -0.2) is 4.79 Å². The second-order valence-electron chi connectivity index (χ2n) is 3.65. The molecule has 0 spiro atoms. The van der Waals surface area contributed by atoms with Crippen molar-refractivity contribution in [1.82, 2.24) is 5.32 Å². The van der Waals surface area contributed by atoms with Crippen LogP contribution < -0.4 is 11.1 Å². The van der Waals surface area contributed by atoms with Gasteiger partial charge in [0, 0.05) is 27.8 Å². The number of nitrogen functional groups attached to an aromatic ring is 1. The Morgan fingerprint density at radius 1 is 1.39 bits per heavy atom. The van der Waals surface area contributed by atoms with Gasteiger partial charge in [0.05, 0.1) is 0 Å². The number of aliphatic carboxylic acids is 1. The summed E-state index contributed by atoms with van der Waals surface area (Å²) in [6.45, 7) is -0.314. The van der Waals surface area contributed by atoms with E-state index in [0.29, 0.717) is 11.3 Å². The number of halogens is 1. The van der Waals surface area contributed by atoms with E-state index in [1.165, 1.54) is 6.07 Å². The molecule has 0 aliphatic rings. The van der Waals surface area contributed by atoms with Gasteiger partial charge in [-0.3, -0.25) is 4.79 Å². The molecule has 0 fully saturated rings. The maximum atomic E-state index is 11.8. The summed E-state index contributed by atoms with van der Waals surface area (Å²) in [5.74, 6) is -1.71. The number of benzene rings is 1. The van der Waals surface area contributed by atoms with Crippen LogP contribution in [0.2, 0.25) is 0 Å². The topological polar surface area (TPSA) is 113 Å². The van der Waals surface area contributed by atoms with Crippen LogP contribution in [0.5, 0.6) is 0 Å². The van der Waals surface area contributed by atoms with Gasteiger partial charge in [0.1, 0.15) is 6.04 Å². The zero-order chi connectivity index (χ0) is 13.7. The standard InChI is InChI=1S/C11H13IN2O4/c12-7-3-6(4-8(13)5-7)10(16)14-9(1-2-15)11(17)18/h3-5,9,15H,1-2,13H2,(H,14,16)(H,17,18)/t9-/m1/s1. The van der Waals surface area contributed by atoms with Gasteiger partial charge in [0.15, 0.2) is 0 Å². The van der Waals surface area contributed by atoms with Crippen LogP contribution in [0.15, 0.2) is 18.2 Å². The number of rotatable bonds is 5. The molecule has 6 nitrogen and oxygen atoms in total. The van der Waals surface area contributed by atoms with Crippen LogP contribution in [0.25, 0.3) is 0 Å². The van der Waals surface area contributed by atoms with Crippen molar-refractivity contribution in [1.29, 1.82) is 0 Å². The average Bonchev–Trinajstić information content (AvgIpc) is 2.26. The van der Waals surface area contributed by atoms with E-state index in [1.54, 1.807) is 12.1 Å². The quantitative estimate of drug-likeness (QED) is 0.447. The average molecular weight is 364 g/mol. The number of carboxylic acid groups (broad SMARTS) is 1. The lowest BCUT2D eigenvalue weighted by Crippen LogP contribution is -2.41. The van der Waals surface area contributed by atoms with E-state index in [2.05, 4.69) is 5.32 Å². The maximum absolute atomic E-state index is 11.8. The molecule has 1 rings (SSSR count). The van der Waals surface area contributed by atoms with Gasteiger partial charge >= 0.3 is 5.97 Å². The highest BCUT2D eigenvalue weighted by Crippen LogP contribution is 2.14. The van der Waals surface area contributed by atoms with Gasteiger partial charge in [-0.15, -0.1) is 0 Å². The largest absolute Gasteiger partial charge is 0.480 e. The lowest BCUT2D eigenvalue weighted by molar-refractivity contribution is -0.139. The van der Waals surface area contributed by atoms with Crippen molar-refractivity contribution in [3.05, 3.63) is 27.3 Å². The number of carboxylic acids is 1. The van der Waals surface area contributed by atoms with Gasteiger partial charge in [0.2, 0.25) is 0 Å². The number of anilines is 1. The molecule has 1 aromatic rings. The second-order valence-corrected chi connectivity index (χ2v) is 4.90. The number of hydrogen-bond acceptors (Lipinski definition) is 4. The molecule has 98 valence electrons. The lowest BCUT2D eigenvalue weighted by atomic mass is 10.1. The van der Waals surface area contributed by atoms with E-state index in [9.17, 15) is 9.59 Å². The Bertz CT molecular complexity index is 444. The normalized spacial score (nSPS) is 11.9. The number of nitrogens with two attached hydrogens (primary N) is 1. The number of amides is 1. The summed E-state index contributed by atoms with van der Waals surface area (Å²) in [6.07, 6.45) is -0.0412. The van der Waals surface area contributed by atoms with Crippen molar-refractivity contribution in [2.45, 2.75) is 12.5 Å². The molecule has 1 aromatic carbocycles. The zero-order valence-corrected chi connectivity index (χ0v) is 11.5. The SMILES string of the molecule is Nc1cc(I)cc(C(=O)N[C@H](CCO)C(=O)O)c1. The van der Waals surface area contributed by atoms with Crippen molar-refractivity contribution < 1.29 is 19.8 Å². The predicted molar refractivity (Wildman–Crippen MR) is 74.2 cm³/mol. The molecule has 18 heavy (non-hydrogen) atoms. The summed E-state index contributed by atoms with van der Waals surface area (Å²) in [4.78, 5) is 22.7. The van der Waals surface area contributed by atoms with Gasteiger partial charge in [-0.05, 0) is 40.8 Å². The number of nitrogens with one attached hydrogen (secondary N) is 1. The summed E-state index contributed by atoms with van der Waals surface area (Å²) in [5.41, 5.74) is 6.33. The number of hydrogen-bond donors (Lipinski definition) is 4. The van der Waals surface area contributed by atoms with Crippen LogP contribution in [0.4, 0.5) is 5.69 Å². The Kier molecular flexibility index (Phi) is 5.35.